The fourth-order valence-electron chi connectivity index (χ4n) is 3.50. The second kappa shape index (κ2) is 11.9. The Balaban J connectivity index is 1.64. The van der Waals surface area contributed by atoms with Gasteiger partial charge in [0.2, 0.25) is 6.29 Å². The van der Waals surface area contributed by atoms with Crippen molar-refractivity contribution in [2.45, 2.75) is 37.6 Å². The monoisotopic (exact) mass is 504 g/mol. The maximum Gasteiger partial charge on any atom is 0.330 e. The minimum Gasteiger partial charge on any atom is -0.504 e. The summed E-state index contributed by atoms with van der Waals surface area (Å²) in [5.41, 5.74) is 0.891. The van der Waals surface area contributed by atoms with E-state index in [2.05, 4.69) is 0 Å². The van der Waals surface area contributed by atoms with Crippen LogP contribution in [-0.4, -0.2) is 83.7 Å². The molecule has 0 radical (unpaired) electrons. The highest BCUT2D eigenvalue weighted by Crippen LogP contribution is 2.29. The number of hydrogen-bond donors (Lipinski definition) is 4. The van der Waals surface area contributed by atoms with E-state index in [4.69, 9.17) is 23.7 Å². The first-order chi connectivity index (χ1) is 17.1. The lowest BCUT2D eigenvalue weighted by molar-refractivity contribution is -0.278. The molecule has 0 aromatic heterocycles. The van der Waals surface area contributed by atoms with Crippen LogP contribution in [0.1, 0.15) is 22.8 Å². The molecule has 2 aromatic rings. The van der Waals surface area contributed by atoms with Gasteiger partial charge in [-0.05, 0) is 42.8 Å². The van der Waals surface area contributed by atoms with Crippen molar-refractivity contribution in [1.82, 2.24) is 0 Å². The molecular weight excluding hydrogens is 476 g/mol. The molecule has 1 aliphatic heterocycles. The summed E-state index contributed by atoms with van der Waals surface area (Å²) < 4.78 is 26.5. The van der Waals surface area contributed by atoms with Gasteiger partial charge in [-0.3, -0.25) is 4.79 Å². The average molecular weight is 504 g/mol. The van der Waals surface area contributed by atoms with Crippen molar-refractivity contribution in [3.05, 3.63) is 53.6 Å². The van der Waals surface area contributed by atoms with Gasteiger partial charge in [0.1, 0.15) is 42.5 Å². The zero-order valence-corrected chi connectivity index (χ0v) is 19.9. The lowest BCUT2D eigenvalue weighted by atomic mass is 9.99. The molecule has 1 aliphatic rings. The Morgan fingerprint density at radius 1 is 0.972 bits per heavy atom. The molecule has 0 saturated carbocycles. The smallest absolute Gasteiger partial charge is 0.330 e. The van der Waals surface area contributed by atoms with Gasteiger partial charge in [0.05, 0.1) is 19.8 Å². The summed E-state index contributed by atoms with van der Waals surface area (Å²) in [5.74, 6) is -0.378. The van der Waals surface area contributed by atoms with Gasteiger partial charge in [-0.25, -0.2) is 4.79 Å². The molecular formula is C25H28O11. The summed E-state index contributed by atoms with van der Waals surface area (Å²) in [6, 6.07) is 8.85. The summed E-state index contributed by atoms with van der Waals surface area (Å²) in [4.78, 5) is 23.8. The number of benzene rings is 2. The molecule has 5 unspecified atom stereocenters. The van der Waals surface area contributed by atoms with E-state index in [-0.39, 0.29) is 28.8 Å². The van der Waals surface area contributed by atoms with Gasteiger partial charge in [0.25, 0.3) is 0 Å². The van der Waals surface area contributed by atoms with Crippen molar-refractivity contribution >= 4 is 17.8 Å². The fraction of sp³-hybridized carbons (Fsp3) is 0.360. The van der Waals surface area contributed by atoms with E-state index in [1.807, 2.05) is 0 Å². The van der Waals surface area contributed by atoms with E-state index in [0.717, 1.165) is 6.08 Å². The van der Waals surface area contributed by atoms with Gasteiger partial charge < -0.3 is 44.1 Å². The van der Waals surface area contributed by atoms with Gasteiger partial charge in [-0.1, -0.05) is 6.07 Å². The van der Waals surface area contributed by atoms with E-state index in [1.54, 1.807) is 6.07 Å². The summed E-state index contributed by atoms with van der Waals surface area (Å²) in [6.07, 6.45) is -4.89. The minimum absolute atomic E-state index is 0.0496. The number of aromatic hydroxyl groups is 1. The second-order valence-corrected chi connectivity index (χ2v) is 7.95. The van der Waals surface area contributed by atoms with E-state index >= 15 is 0 Å². The summed E-state index contributed by atoms with van der Waals surface area (Å²) in [5, 5.41) is 40.5. The fourth-order valence-corrected chi connectivity index (χ4v) is 3.50. The standard InChI is InChI=1S/C25H28O11/c1-13(26)16-7-6-15(11-18(16)32-2)35-25-24(31)23(30)22(29)20(36-25)12-34-21(28)9-5-14-4-8-17(27)19(10-14)33-3/h4-11,20,22-25,27,29-31H,12H2,1-3H3. The molecule has 1 heterocycles. The zero-order chi connectivity index (χ0) is 26.4. The number of ether oxygens (including phenoxy) is 5. The number of aliphatic hydroxyl groups excluding tert-OH is 3. The second-order valence-electron chi connectivity index (χ2n) is 7.95. The first kappa shape index (κ1) is 27.0. The summed E-state index contributed by atoms with van der Waals surface area (Å²) in [7, 11) is 2.78. The lowest BCUT2D eigenvalue weighted by Gasteiger charge is -2.39. The Labute approximate surface area is 207 Å². The summed E-state index contributed by atoms with van der Waals surface area (Å²) in [6.45, 7) is 0.937. The molecule has 1 fully saturated rings. The Morgan fingerprint density at radius 2 is 1.69 bits per heavy atom. The predicted molar refractivity (Wildman–Crippen MR) is 125 cm³/mol. The van der Waals surface area contributed by atoms with Gasteiger partial charge in [0, 0.05) is 12.1 Å². The van der Waals surface area contributed by atoms with Crippen LogP contribution in [0, 0.1) is 0 Å². The van der Waals surface area contributed by atoms with E-state index in [0.29, 0.717) is 11.1 Å². The molecule has 36 heavy (non-hydrogen) atoms. The number of rotatable bonds is 9. The number of phenols is 1. The molecule has 5 atom stereocenters. The van der Waals surface area contributed by atoms with Crippen LogP contribution in [0.4, 0.5) is 0 Å². The minimum atomic E-state index is -1.65. The molecule has 1 saturated heterocycles. The van der Waals surface area contributed by atoms with E-state index in [1.165, 1.54) is 57.6 Å². The number of methoxy groups -OCH3 is 2. The highest BCUT2D eigenvalue weighted by molar-refractivity contribution is 5.97. The molecule has 0 aliphatic carbocycles. The number of aliphatic hydroxyl groups is 3. The van der Waals surface area contributed by atoms with Crippen LogP contribution in [0.3, 0.4) is 0 Å². The Kier molecular flexibility index (Phi) is 8.88. The van der Waals surface area contributed by atoms with Crippen molar-refractivity contribution in [2.24, 2.45) is 0 Å². The van der Waals surface area contributed by atoms with Crippen molar-refractivity contribution in [2.75, 3.05) is 20.8 Å². The maximum absolute atomic E-state index is 12.2. The number of esters is 1. The summed E-state index contributed by atoms with van der Waals surface area (Å²) >= 11 is 0. The number of phenolic OH excluding ortho intramolecular Hbond substituents is 1. The van der Waals surface area contributed by atoms with E-state index in [9.17, 15) is 30.0 Å². The number of ketones is 1. The van der Waals surface area contributed by atoms with Crippen LogP contribution < -0.4 is 14.2 Å². The van der Waals surface area contributed by atoms with Crippen molar-refractivity contribution in [3.63, 3.8) is 0 Å². The SMILES string of the molecule is COc1cc(C=CC(=O)OCC2OC(Oc3ccc(C(C)=O)c(OC)c3)C(O)C(O)C2O)ccc1O. The first-order valence-electron chi connectivity index (χ1n) is 10.9. The van der Waals surface area contributed by atoms with Crippen molar-refractivity contribution in [3.8, 4) is 23.0 Å². The molecule has 11 nitrogen and oxygen atoms in total. The molecule has 0 bridgehead atoms. The van der Waals surface area contributed by atoms with Crippen LogP contribution in [0.5, 0.6) is 23.0 Å². The molecule has 194 valence electrons. The predicted octanol–water partition coefficient (Wildman–Crippen LogP) is 1.05. The van der Waals surface area contributed by atoms with Gasteiger partial charge in [-0.2, -0.15) is 0 Å². The van der Waals surface area contributed by atoms with Crippen LogP contribution >= 0.6 is 0 Å². The molecule has 0 amide bonds. The molecule has 3 rings (SSSR count). The average Bonchev–Trinajstić information content (AvgIpc) is 2.87. The number of Topliss-reactive ketones (excluding diaryl/α,β-unsaturated/α-hetero) is 1. The highest BCUT2D eigenvalue weighted by Gasteiger charge is 2.45. The Hall–Kier alpha value is -3.64. The first-order valence-corrected chi connectivity index (χ1v) is 10.9. The third-order valence-corrected chi connectivity index (χ3v) is 5.48. The molecule has 11 heteroatoms. The normalized spacial score (nSPS) is 23.8. The topological polar surface area (TPSA) is 161 Å². The van der Waals surface area contributed by atoms with Crippen LogP contribution in [0.15, 0.2) is 42.5 Å². The Bertz CT molecular complexity index is 1110. The van der Waals surface area contributed by atoms with E-state index < -0.39 is 43.3 Å². The maximum atomic E-state index is 12.2. The zero-order valence-electron chi connectivity index (χ0n) is 19.9. The highest BCUT2D eigenvalue weighted by atomic mass is 16.7. The van der Waals surface area contributed by atoms with Gasteiger partial charge in [-0.15, -0.1) is 0 Å². The Morgan fingerprint density at radius 3 is 2.36 bits per heavy atom. The number of hydrogen-bond acceptors (Lipinski definition) is 11. The van der Waals surface area contributed by atoms with Crippen LogP contribution in [-0.2, 0) is 14.3 Å². The van der Waals surface area contributed by atoms with Crippen molar-refractivity contribution in [1.29, 1.82) is 0 Å². The van der Waals surface area contributed by atoms with Crippen LogP contribution in [0.2, 0.25) is 0 Å². The molecule has 2 aromatic carbocycles. The molecule has 0 spiro atoms. The van der Waals surface area contributed by atoms with Gasteiger partial charge in [0.15, 0.2) is 17.3 Å². The van der Waals surface area contributed by atoms with Crippen LogP contribution in [0.25, 0.3) is 6.08 Å². The van der Waals surface area contributed by atoms with Crippen molar-refractivity contribution < 1.29 is 53.7 Å². The number of carbonyl (C=O) groups excluding carboxylic acids is 2. The lowest BCUT2D eigenvalue weighted by Crippen LogP contribution is -2.60. The quantitative estimate of drug-likeness (QED) is 0.219. The largest absolute Gasteiger partial charge is 0.504 e. The van der Waals surface area contributed by atoms with Gasteiger partial charge >= 0.3 is 5.97 Å². The third kappa shape index (κ3) is 6.32. The number of carbonyl (C=O) groups is 2. The molecule has 4 N–H and O–H groups in total. The third-order valence-electron chi connectivity index (χ3n) is 5.48.